The molecule has 4 N–H and O–H groups in total. The molecule has 814 valence electrons. The average Bonchev–Trinajstić information content (AvgIpc) is 0.939. The number of rotatable bonds is 106. The van der Waals surface area contributed by atoms with Gasteiger partial charge in [0.15, 0.2) is 12.5 Å². The van der Waals surface area contributed by atoms with Crippen LogP contribution in [0.3, 0.4) is 0 Å². The molecule has 0 bridgehead atoms. The van der Waals surface area contributed by atoms with Gasteiger partial charge in [-0.3, -0.25) is 28.8 Å². The Morgan fingerprint density at radius 2 is 0.381 bits per heavy atom. The Morgan fingerprint density at radius 3 is 0.626 bits per heavy atom. The lowest BCUT2D eigenvalue weighted by molar-refractivity contribution is -0.166. The highest BCUT2D eigenvalue weighted by atomic mass is 16.6. The van der Waals surface area contributed by atoms with Crippen molar-refractivity contribution in [3.05, 3.63) is 91.5 Å². The summed E-state index contributed by atoms with van der Waals surface area (Å²) in [7, 11) is 0. The van der Waals surface area contributed by atoms with Gasteiger partial charge in [0.25, 0.3) is 0 Å². The summed E-state index contributed by atoms with van der Waals surface area (Å²) in [5, 5.41) is 34.0. The molecule has 0 aliphatic heterocycles. The summed E-state index contributed by atoms with van der Waals surface area (Å²) < 4.78 is 16.7. The highest BCUT2D eigenvalue weighted by Gasteiger charge is 2.23. The third-order valence-electron chi connectivity index (χ3n) is 25.7. The van der Waals surface area contributed by atoms with E-state index in [0.717, 1.165) is 167 Å². The second-order valence-electron chi connectivity index (χ2n) is 39.8. The van der Waals surface area contributed by atoms with Crippen molar-refractivity contribution < 1.29 is 68.2 Å². The number of unbranched alkanes of at least 4 members (excludes halogenated alkanes) is 73. The van der Waals surface area contributed by atoms with Gasteiger partial charge in [0.1, 0.15) is 19.6 Å². The summed E-state index contributed by atoms with van der Waals surface area (Å²) in [4.78, 5) is 79.2. The third kappa shape index (κ3) is 148. The van der Waals surface area contributed by atoms with Crippen LogP contribution in [0.1, 0.15) is 646 Å². The van der Waals surface area contributed by atoms with Gasteiger partial charge in [0, 0.05) is 38.5 Å². The van der Waals surface area contributed by atoms with E-state index in [9.17, 15) is 33.6 Å². The van der Waals surface area contributed by atoms with Gasteiger partial charge in [0.05, 0.1) is 0 Å². The molecule has 0 aromatic rings. The average molecular weight is 1960 g/mol. The standard InChI is InChI=1S/C55H97O6.C18H36O2.C18H34O2.C18H32O2.C16H32O2/c1-4-7-10-13-16-19-22-25-27-30-33-36-39-42-45-48-54(57)60-51-52(50-59-53(56)47-44-41-38-35-32-29-24-21-18-15-12-9-6-3)61-55(58)49-46-43-40-37-34-31-28-26-23-20-17-14-11-8-5-2;3*1-2-3-4-5-6-7-8-9-10-11-12-13-14-15-16-17-18(19)20;1-2-3-4-5-6-7-8-9-10-11-12-13-14-15-16(17)18/h7,10,16,19,25-28,48,52H,4-6,8-9,11-15,17-18,20-24,29-47,49-51H2,1-3H3;2-17H2,1H3,(H,19,20);9-10H,2-8,11-17H2,1H3,(H,19,20);6-7,9-10H,2-5,8,11-17H2,1H3,(H,19,20);2-15H2,1H3,(H,17,18)/q+1;;;;/b10-7-,19-16-,27-25-,28-26-;;10-9+;7-6+,10-9+;. The van der Waals surface area contributed by atoms with Crippen molar-refractivity contribution in [1.29, 1.82) is 0 Å². The number of carbonyl (C=O) groups excluding carboxylic acids is 3. The Bertz CT molecular complexity index is 2690. The maximum Gasteiger partial charge on any atom is 0.496 e. The molecule has 0 aliphatic rings. The third-order valence-corrected chi connectivity index (χ3v) is 25.7. The van der Waals surface area contributed by atoms with E-state index in [1.54, 1.807) is 6.42 Å². The van der Waals surface area contributed by atoms with Crippen molar-refractivity contribution in [2.24, 2.45) is 0 Å². The van der Waals surface area contributed by atoms with E-state index in [0.29, 0.717) is 44.9 Å². The van der Waals surface area contributed by atoms with Gasteiger partial charge in [0.2, 0.25) is 0 Å². The second kappa shape index (κ2) is 132. The van der Waals surface area contributed by atoms with Crippen LogP contribution in [0.4, 0.5) is 0 Å². The smallest absolute Gasteiger partial charge is 0.481 e. The summed E-state index contributed by atoms with van der Waals surface area (Å²) in [5.74, 6) is -3.68. The van der Waals surface area contributed by atoms with E-state index in [1.807, 2.05) is 0 Å². The number of carboxylic acid groups (broad SMARTS) is 4. The Morgan fingerprint density at radius 1 is 0.201 bits per heavy atom. The Kier molecular flexibility index (Phi) is 135. The first kappa shape index (κ1) is 142. The molecule has 1 unspecified atom stereocenters. The van der Waals surface area contributed by atoms with Gasteiger partial charge in [-0.05, 0) is 167 Å². The molecular weight excluding hydrogens is 1730 g/mol. The predicted molar refractivity (Wildman–Crippen MR) is 600 cm³/mol. The molecule has 0 saturated carbocycles. The Hall–Kier alpha value is -5.66. The topological polar surface area (TPSA) is 228 Å². The van der Waals surface area contributed by atoms with Crippen LogP contribution in [0.5, 0.6) is 0 Å². The minimum Gasteiger partial charge on any atom is -0.481 e. The number of carbonyl (C=O) groups is 7. The molecule has 0 rings (SSSR count). The molecule has 0 fully saturated rings. The van der Waals surface area contributed by atoms with Gasteiger partial charge in [-0.25, -0.2) is 0 Å². The normalized spacial score (nSPS) is 11.6. The first-order valence-electron chi connectivity index (χ1n) is 59.9. The second-order valence-corrected chi connectivity index (χ2v) is 39.8. The van der Waals surface area contributed by atoms with Crippen LogP contribution >= 0.6 is 0 Å². The van der Waals surface area contributed by atoms with Crippen LogP contribution in [0.25, 0.3) is 0 Å². The summed E-state index contributed by atoms with van der Waals surface area (Å²) in [6.07, 6.45) is 141. The monoisotopic (exact) mass is 1960 g/mol. The molecule has 0 radical (unpaired) electrons. The summed E-state index contributed by atoms with van der Waals surface area (Å²) in [6.45, 7) is 15.5. The lowest BCUT2D eigenvalue weighted by atomic mass is 10.0. The van der Waals surface area contributed by atoms with Crippen molar-refractivity contribution in [3.63, 3.8) is 0 Å². The van der Waals surface area contributed by atoms with E-state index in [4.69, 9.17) is 34.6 Å². The largest absolute Gasteiger partial charge is 0.496 e. The maximum atomic E-state index is 12.8. The fraction of sp³-hybridized carbons (Fsp3) is 0.824. The lowest BCUT2D eigenvalue weighted by Gasteiger charge is -2.17. The zero-order chi connectivity index (χ0) is 103. The molecule has 0 aromatic heterocycles. The lowest BCUT2D eigenvalue weighted by Crippen LogP contribution is -2.31. The molecule has 0 saturated heterocycles. The van der Waals surface area contributed by atoms with E-state index in [1.165, 1.54) is 385 Å². The van der Waals surface area contributed by atoms with Gasteiger partial charge in [-0.2, -0.15) is 4.79 Å². The first-order chi connectivity index (χ1) is 68.1. The molecule has 14 nitrogen and oxygen atoms in total. The Balaban J connectivity index is -0.000000620. The van der Waals surface area contributed by atoms with E-state index in [2.05, 4.69) is 134 Å². The number of carboxylic acids is 4. The van der Waals surface area contributed by atoms with Crippen molar-refractivity contribution in [3.8, 4) is 0 Å². The van der Waals surface area contributed by atoms with Crippen LogP contribution in [0.2, 0.25) is 0 Å². The fourth-order valence-electron chi connectivity index (χ4n) is 16.7. The molecular formula is C125H231O14+. The minimum absolute atomic E-state index is 0.0935. The maximum absolute atomic E-state index is 12.8. The van der Waals surface area contributed by atoms with Crippen LogP contribution in [-0.4, -0.2) is 81.5 Å². The molecule has 14 heteroatoms. The number of hydrogen-bond acceptors (Lipinski definition) is 10. The number of allylic oxidation sites excluding steroid dienone is 14. The van der Waals surface area contributed by atoms with E-state index < -0.39 is 36.0 Å². The van der Waals surface area contributed by atoms with Crippen molar-refractivity contribution in [1.82, 2.24) is 0 Å². The number of esters is 3. The molecule has 0 heterocycles. The molecule has 0 aromatic carbocycles. The van der Waals surface area contributed by atoms with Gasteiger partial charge < -0.3 is 34.6 Å². The summed E-state index contributed by atoms with van der Waals surface area (Å²) >= 11 is 0. The fourth-order valence-corrected chi connectivity index (χ4v) is 16.7. The summed E-state index contributed by atoms with van der Waals surface area (Å²) in [6, 6.07) is 0. The van der Waals surface area contributed by atoms with Crippen LogP contribution in [0, 0.1) is 6.42 Å². The minimum atomic E-state index is -0.801. The van der Waals surface area contributed by atoms with Crippen molar-refractivity contribution in [2.45, 2.75) is 652 Å². The van der Waals surface area contributed by atoms with Crippen molar-refractivity contribution >= 4 is 41.8 Å². The van der Waals surface area contributed by atoms with Crippen LogP contribution in [-0.2, 0) is 47.8 Å². The van der Waals surface area contributed by atoms with E-state index in [-0.39, 0.29) is 25.2 Å². The van der Waals surface area contributed by atoms with Crippen molar-refractivity contribution in [2.75, 3.05) is 13.2 Å². The molecule has 0 spiro atoms. The predicted octanol–water partition coefficient (Wildman–Crippen LogP) is 40.8. The van der Waals surface area contributed by atoms with Gasteiger partial charge in [-0.15, -0.1) is 0 Å². The highest BCUT2D eigenvalue weighted by Crippen LogP contribution is 2.21. The number of aliphatic carboxylic acids is 4. The zero-order valence-electron chi connectivity index (χ0n) is 92.8. The van der Waals surface area contributed by atoms with Crippen LogP contribution < -0.4 is 0 Å². The SMILES string of the molecule is CC/C=C\C/C=C\C/C=C\CCCCCC[CH+]C(=O)OCC(COC(=O)CCCCCCCCCCCCCCC)OC(=O)CCCCCCC/C=C\CCCCCCCC.CCCCC/C=C/C/C=C/CCCCCCCC(=O)O.CCCCCCCC/C=C/CCCCCCCC(=O)O.CCCCCCCCCCCCCCCC(=O)O.CCCCCCCCCCCCCCCCCC(=O)O. The zero-order valence-corrected chi connectivity index (χ0v) is 92.8. The molecule has 0 aliphatic carbocycles. The number of hydrogen-bond donors (Lipinski definition) is 4. The van der Waals surface area contributed by atoms with Crippen LogP contribution in [0.15, 0.2) is 85.1 Å². The van der Waals surface area contributed by atoms with E-state index >= 15 is 0 Å². The summed E-state index contributed by atoms with van der Waals surface area (Å²) in [5.41, 5.74) is 0. The van der Waals surface area contributed by atoms with Gasteiger partial charge in [-0.1, -0.05) is 519 Å². The Labute approximate surface area is 861 Å². The molecule has 0 amide bonds. The quantitative estimate of drug-likeness (QED) is 0.0146. The molecule has 1 atom stereocenters. The number of ether oxygens (including phenoxy) is 3. The van der Waals surface area contributed by atoms with Gasteiger partial charge >= 0.3 is 41.8 Å². The first-order valence-corrected chi connectivity index (χ1v) is 59.9. The highest BCUT2D eigenvalue weighted by molar-refractivity contribution is 5.78. The molecule has 139 heavy (non-hydrogen) atoms.